The maximum Gasteiger partial charge on any atom is 0.326 e. The van der Waals surface area contributed by atoms with Gasteiger partial charge in [-0.1, -0.05) is 64.2 Å². The van der Waals surface area contributed by atoms with Crippen molar-refractivity contribution < 1.29 is 14.7 Å². The van der Waals surface area contributed by atoms with E-state index in [2.05, 4.69) is 33.9 Å². The van der Waals surface area contributed by atoms with Crippen molar-refractivity contribution in [2.75, 3.05) is 0 Å². The lowest BCUT2D eigenvalue weighted by atomic mass is 9.85. The summed E-state index contributed by atoms with van der Waals surface area (Å²) in [5, 5.41) is 9.57. The number of carbonyl (C=O) groups is 2. The van der Waals surface area contributed by atoms with Gasteiger partial charge in [-0.3, -0.25) is 4.79 Å². The van der Waals surface area contributed by atoms with E-state index in [1.165, 1.54) is 0 Å². The van der Waals surface area contributed by atoms with Crippen LogP contribution < -0.4 is 0 Å². The van der Waals surface area contributed by atoms with Gasteiger partial charge in [-0.25, -0.2) is 4.79 Å². The summed E-state index contributed by atoms with van der Waals surface area (Å²) in [5.41, 5.74) is 1.02. The Morgan fingerprint density at radius 1 is 1.23 bits per heavy atom. The number of β-lactam (4-membered cyclic amide) rings is 1. The highest BCUT2D eigenvalue weighted by Crippen LogP contribution is 2.45. The van der Waals surface area contributed by atoms with Crippen molar-refractivity contribution in [3.63, 3.8) is 0 Å². The van der Waals surface area contributed by atoms with E-state index in [0.29, 0.717) is 6.42 Å². The van der Waals surface area contributed by atoms with Gasteiger partial charge in [-0.2, -0.15) is 0 Å². The molecule has 0 spiro atoms. The zero-order valence-electron chi connectivity index (χ0n) is 14.0. The molecule has 1 heterocycles. The monoisotopic (exact) mass is 319 g/mol. The Bertz CT molecular complexity index is 577. The number of hydrogen-bond acceptors (Lipinski definition) is 2. The molecule has 0 unspecified atom stereocenters. The highest BCUT2D eigenvalue weighted by molar-refractivity contribution is 6.80. The maximum atomic E-state index is 12.7. The highest BCUT2D eigenvalue weighted by atomic mass is 28.3. The second kappa shape index (κ2) is 5.54. The third-order valence-corrected chi connectivity index (χ3v) is 10.6. The molecule has 1 aromatic carbocycles. The number of carboxylic acid groups (broad SMARTS) is 1. The molecule has 1 aliphatic rings. The molecular formula is C17H25NO3Si. The van der Waals surface area contributed by atoms with Crippen molar-refractivity contribution in [1.82, 2.24) is 4.57 Å². The Morgan fingerprint density at radius 3 is 2.23 bits per heavy atom. The van der Waals surface area contributed by atoms with Crippen LogP contribution in [0.1, 0.15) is 26.3 Å². The minimum atomic E-state index is -2.17. The molecule has 1 amide bonds. The number of aliphatic carboxylic acids is 1. The zero-order chi connectivity index (χ0) is 16.7. The van der Waals surface area contributed by atoms with Gasteiger partial charge in [0.15, 0.2) is 8.24 Å². The third kappa shape index (κ3) is 2.69. The molecule has 120 valence electrons. The summed E-state index contributed by atoms with van der Waals surface area (Å²) in [6.07, 6.45) is 0.502. The fourth-order valence-corrected chi connectivity index (χ4v) is 5.31. The van der Waals surface area contributed by atoms with Crippen LogP contribution in [-0.4, -0.2) is 35.8 Å². The van der Waals surface area contributed by atoms with Crippen molar-refractivity contribution >= 4 is 20.1 Å². The number of carboxylic acids is 1. The lowest BCUT2D eigenvalue weighted by molar-refractivity contribution is -0.163. The van der Waals surface area contributed by atoms with Crippen LogP contribution in [0.2, 0.25) is 18.1 Å². The Kier molecular flexibility index (Phi) is 4.21. The smallest absolute Gasteiger partial charge is 0.326 e. The molecule has 2 atom stereocenters. The molecule has 1 aromatic rings. The first-order valence-electron chi connectivity index (χ1n) is 7.67. The fraction of sp³-hybridized carbons (Fsp3) is 0.529. The second-order valence-electron chi connectivity index (χ2n) is 7.60. The van der Waals surface area contributed by atoms with Crippen LogP contribution >= 0.6 is 0 Å². The molecule has 5 heteroatoms. The predicted molar refractivity (Wildman–Crippen MR) is 89.1 cm³/mol. The van der Waals surface area contributed by atoms with Crippen LogP contribution in [0.4, 0.5) is 0 Å². The highest BCUT2D eigenvalue weighted by Gasteiger charge is 2.59. The normalized spacial score (nSPS) is 22.4. The fourth-order valence-electron chi connectivity index (χ4n) is 2.88. The van der Waals surface area contributed by atoms with Crippen molar-refractivity contribution in [2.24, 2.45) is 5.92 Å². The number of carbonyl (C=O) groups excluding carboxylic acids is 1. The summed E-state index contributed by atoms with van der Waals surface area (Å²) < 4.78 is 1.70. The Morgan fingerprint density at radius 2 is 1.77 bits per heavy atom. The van der Waals surface area contributed by atoms with Crippen molar-refractivity contribution in [3.8, 4) is 0 Å². The molecule has 22 heavy (non-hydrogen) atoms. The number of nitrogens with zero attached hydrogens (tertiary/aromatic N) is 1. The van der Waals surface area contributed by atoms with Crippen molar-refractivity contribution in [1.29, 1.82) is 0 Å². The molecule has 0 aliphatic carbocycles. The SMILES string of the molecule is CC(C)(C)[Si](C)(C)N1C(=O)[C@H](Cc2ccccc2)[C@H]1C(=O)O. The van der Waals surface area contributed by atoms with Crippen LogP contribution in [0.25, 0.3) is 0 Å². The second-order valence-corrected chi connectivity index (χ2v) is 12.7. The lowest BCUT2D eigenvalue weighted by Crippen LogP contribution is -2.75. The summed E-state index contributed by atoms with van der Waals surface area (Å²) >= 11 is 0. The quantitative estimate of drug-likeness (QED) is 0.685. The Balaban J connectivity index is 2.26. The first kappa shape index (κ1) is 16.7. The van der Waals surface area contributed by atoms with Crippen molar-refractivity contribution in [3.05, 3.63) is 35.9 Å². The zero-order valence-corrected chi connectivity index (χ0v) is 15.0. The van der Waals surface area contributed by atoms with Crippen LogP contribution in [-0.2, 0) is 16.0 Å². The number of benzene rings is 1. The summed E-state index contributed by atoms with van der Waals surface area (Å²) in [6.45, 7) is 10.4. The average molecular weight is 319 g/mol. The van der Waals surface area contributed by atoms with Crippen LogP contribution in [0.5, 0.6) is 0 Å². The van der Waals surface area contributed by atoms with Gasteiger partial charge in [0.05, 0.1) is 5.92 Å². The molecule has 1 saturated heterocycles. The first-order chi connectivity index (χ1) is 10.1. The Hall–Kier alpha value is -1.62. The number of rotatable bonds is 4. The molecular weight excluding hydrogens is 294 g/mol. The molecule has 2 rings (SSSR count). The molecule has 0 bridgehead atoms. The number of hydrogen-bond donors (Lipinski definition) is 1. The first-order valence-corrected chi connectivity index (χ1v) is 10.6. The van der Waals surface area contributed by atoms with E-state index in [9.17, 15) is 14.7 Å². The minimum absolute atomic E-state index is 0.00263. The van der Waals surface area contributed by atoms with Gasteiger partial charge in [-0.15, -0.1) is 0 Å². The molecule has 4 nitrogen and oxygen atoms in total. The maximum absolute atomic E-state index is 12.7. The topological polar surface area (TPSA) is 57.6 Å². The summed E-state index contributed by atoms with van der Waals surface area (Å²) in [5.74, 6) is -1.32. The van der Waals surface area contributed by atoms with Gasteiger partial charge in [0.1, 0.15) is 6.04 Å². The predicted octanol–water partition coefficient (Wildman–Crippen LogP) is 3.15. The van der Waals surface area contributed by atoms with E-state index in [0.717, 1.165) is 5.56 Å². The molecule has 0 aromatic heterocycles. The van der Waals surface area contributed by atoms with E-state index in [1.54, 1.807) is 4.57 Å². The van der Waals surface area contributed by atoms with E-state index >= 15 is 0 Å². The van der Waals surface area contributed by atoms with E-state index in [-0.39, 0.29) is 10.9 Å². The summed E-state index contributed by atoms with van der Waals surface area (Å²) in [6, 6.07) is 8.96. The lowest BCUT2D eigenvalue weighted by Gasteiger charge is -2.56. The van der Waals surface area contributed by atoms with Crippen molar-refractivity contribution in [2.45, 2.75) is 51.4 Å². The molecule has 0 radical (unpaired) electrons. The van der Waals surface area contributed by atoms with Gasteiger partial charge in [-0.05, 0) is 17.0 Å². The Labute approximate surface area is 133 Å². The summed E-state index contributed by atoms with van der Waals surface area (Å²) in [7, 11) is -2.17. The van der Waals surface area contributed by atoms with Gasteiger partial charge in [0, 0.05) is 0 Å². The third-order valence-electron chi connectivity index (χ3n) is 5.20. The van der Waals surface area contributed by atoms with E-state index in [1.807, 2.05) is 30.3 Å². The molecule has 1 aliphatic heterocycles. The van der Waals surface area contributed by atoms with Crippen LogP contribution in [0.15, 0.2) is 30.3 Å². The standard InChI is InChI=1S/C17H25NO3Si/c1-17(2,3)22(4,5)18-14(16(20)21)13(15(18)19)11-12-9-7-6-8-10-12/h6-10,13-14H,11H2,1-5H3,(H,20,21)/t13-,14+/m1/s1. The van der Waals surface area contributed by atoms with Crippen LogP contribution in [0.3, 0.4) is 0 Å². The summed E-state index contributed by atoms with van der Waals surface area (Å²) in [4.78, 5) is 24.4. The van der Waals surface area contributed by atoms with Gasteiger partial charge in [0.2, 0.25) is 5.91 Å². The van der Waals surface area contributed by atoms with Gasteiger partial charge in [0.25, 0.3) is 0 Å². The van der Waals surface area contributed by atoms with Gasteiger partial charge >= 0.3 is 5.97 Å². The average Bonchev–Trinajstić information content (AvgIpc) is 2.40. The largest absolute Gasteiger partial charge is 0.480 e. The van der Waals surface area contributed by atoms with Crippen LogP contribution in [0, 0.1) is 5.92 Å². The van der Waals surface area contributed by atoms with E-state index < -0.39 is 26.2 Å². The van der Waals surface area contributed by atoms with E-state index in [4.69, 9.17) is 0 Å². The number of amides is 1. The minimum Gasteiger partial charge on any atom is -0.480 e. The molecule has 1 N–H and O–H groups in total. The van der Waals surface area contributed by atoms with Gasteiger partial charge < -0.3 is 9.67 Å². The molecule has 0 saturated carbocycles. The molecule has 1 fully saturated rings.